The van der Waals surface area contributed by atoms with Crippen LogP contribution in [0.15, 0.2) is 42.5 Å². The minimum atomic E-state index is -0.991. The maximum Gasteiger partial charge on any atom is 0.240 e. The van der Waals surface area contributed by atoms with Crippen LogP contribution in [0.25, 0.3) is 0 Å². The molecule has 28 heavy (non-hydrogen) atoms. The molecule has 0 atom stereocenters. The Morgan fingerprint density at radius 2 is 1.79 bits per heavy atom. The van der Waals surface area contributed by atoms with Crippen molar-refractivity contribution in [2.24, 2.45) is 5.41 Å². The fourth-order valence-corrected chi connectivity index (χ4v) is 3.14. The van der Waals surface area contributed by atoms with Gasteiger partial charge in [-0.2, -0.15) is 0 Å². The molecular weight excluding hydrogens is 360 g/mol. The predicted octanol–water partition coefficient (Wildman–Crippen LogP) is 2.85. The number of benzene rings is 2. The number of nitrogens with one attached hydrogen (secondary N) is 2. The second kappa shape index (κ2) is 7.42. The monoisotopic (exact) mass is 382 g/mol. The van der Waals surface area contributed by atoms with Crippen molar-refractivity contribution < 1.29 is 23.8 Å². The van der Waals surface area contributed by atoms with Crippen LogP contribution < -0.4 is 24.8 Å². The van der Waals surface area contributed by atoms with Crippen molar-refractivity contribution in [2.75, 3.05) is 18.7 Å². The topological polar surface area (TPSA) is 85.9 Å². The van der Waals surface area contributed by atoms with Gasteiger partial charge in [0.25, 0.3) is 0 Å². The zero-order chi connectivity index (χ0) is 19.6. The lowest BCUT2D eigenvalue weighted by atomic mass is 10.0. The van der Waals surface area contributed by atoms with Crippen LogP contribution in [-0.2, 0) is 16.1 Å². The Bertz CT molecular complexity index is 890. The third-order valence-electron chi connectivity index (χ3n) is 4.93. The van der Waals surface area contributed by atoms with Crippen LogP contribution in [-0.4, -0.2) is 25.2 Å². The van der Waals surface area contributed by atoms with E-state index in [9.17, 15) is 9.59 Å². The highest BCUT2D eigenvalue weighted by molar-refractivity contribution is 6.13. The van der Waals surface area contributed by atoms with Crippen molar-refractivity contribution in [3.05, 3.63) is 48.0 Å². The number of rotatable bonds is 7. The molecule has 2 N–H and O–H groups in total. The molecule has 0 aromatic heterocycles. The number of ether oxygens (including phenoxy) is 3. The smallest absolute Gasteiger partial charge is 0.240 e. The van der Waals surface area contributed by atoms with E-state index in [0.29, 0.717) is 43.2 Å². The number of anilines is 1. The van der Waals surface area contributed by atoms with E-state index in [0.717, 1.165) is 11.3 Å². The highest BCUT2D eigenvalue weighted by Gasteiger charge is 2.56. The van der Waals surface area contributed by atoms with Gasteiger partial charge in [-0.15, -0.1) is 0 Å². The molecule has 0 saturated heterocycles. The van der Waals surface area contributed by atoms with E-state index < -0.39 is 5.41 Å². The first-order chi connectivity index (χ1) is 13.6. The number of carbonyl (C=O) groups is 2. The Morgan fingerprint density at radius 3 is 2.50 bits per heavy atom. The second-order valence-electron chi connectivity index (χ2n) is 6.86. The molecule has 0 bridgehead atoms. The third-order valence-corrected chi connectivity index (χ3v) is 4.93. The largest absolute Gasteiger partial charge is 0.494 e. The van der Waals surface area contributed by atoms with E-state index >= 15 is 0 Å². The molecule has 0 unspecified atom stereocenters. The van der Waals surface area contributed by atoms with Crippen LogP contribution in [0.5, 0.6) is 17.2 Å². The normalized spacial score (nSPS) is 15.6. The molecule has 1 fully saturated rings. The summed E-state index contributed by atoms with van der Waals surface area (Å²) in [6.45, 7) is 3.03. The van der Waals surface area contributed by atoms with Crippen molar-refractivity contribution >= 4 is 17.5 Å². The minimum absolute atomic E-state index is 0.208. The van der Waals surface area contributed by atoms with Crippen molar-refractivity contribution in [1.82, 2.24) is 5.32 Å². The van der Waals surface area contributed by atoms with Gasteiger partial charge in [0.05, 0.1) is 6.61 Å². The molecule has 2 amide bonds. The number of carbonyl (C=O) groups excluding carboxylic acids is 2. The molecule has 0 spiro atoms. The zero-order valence-corrected chi connectivity index (χ0v) is 15.6. The van der Waals surface area contributed by atoms with Crippen LogP contribution in [0.1, 0.15) is 25.3 Å². The quantitative estimate of drug-likeness (QED) is 0.719. The molecule has 1 aliphatic carbocycles. The minimum Gasteiger partial charge on any atom is -0.494 e. The van der Waals surface area contributed by atoms with Gasteiger partial charge in [0, 0.05) is 12.2 Å². The van der Waals surface area contributed by atoms with E-state index in [2.05, 4.69) is 10.6 Å². The third kappa shape index (κ3) is 3.60. The molecule has 1 aliphatic heterocycles. The molecule has 2 aromatic carbocycles. The average molecular weight is 382 g/mol. The summed E-state index contributed by atoms with van der Waals surface area (Å²) in [5.74, 6) is 1.57. The molecule has 1 saturated carbocycles. The van der Waals surface area contributed by atoms with Crippen LogP contribution >= 0.6 is 0 Å². The fraction of sp³-hybridized carbons (Fsp3) is 0.333. The summed E-state index contributed by atoms with van der Waals surface area (Å²) in [6, 6.07) is 12.6. The van der Waals surface area contributed by atoms with E-state index in [1.165, 1.54) is 0 Å². The summed E-state index contributed by atoms with van der Waals surface area (Å²) in [6.07, 6.45) is 1.09. The van der Waals surface area contributed by atoms with E-state index in [1.807, 2.05) is 25.1 Å². The summed E-state index contributed by atoms with van der Waals surface area (Å²) < 4.78 is 16.0. The van der Waals surface area contributed by atoms with Crippen molar-refractivity contribution in [3.63, 3.8) is 0 Å². The van der Waals surface area contributed by atoms with Crippen molar-refractivity contribution in [1.29, 1.82) is 0 Å². The first-order valence-electron chi connectivity index (χ1n) is 9.32. The maximum absolute atomic E-state index is 12.7. The second-order valence-corrected chi connectivity index (χ2v) is 6.86. The Hall–Kier alpha value is -3.22. The average Bonchev–Trinajstić information content (AvgIpc) is 3.39. The molecule has 0 radical (unpaired) electrons. The Morgan fingerprint density at radius 1 is 1.04 bits per heavy atom. The molecular formula is C21H22N2O5. The molecule has 2 aliphatic rings. The van der Waals surface area contributed by atoms with E-state index in [-0.39, 0.29) is 18.6 Å². The Kier molecular flexibility index (Phi) is 4.81. The SMILES string of the molecule is CCOc1ccc(NC(=O)C2(C(=O)NCc3ccc4c(c3)OCO4)CC2)cc1. The van der Waals surface area contributed by atoms with E-state index in [4.69, 9.17) is 14.2 Å². The highest BCUT2D eigenvalue weighted by atomic mass is 16.7. The predicted molar refractivity (Wildman–Crippen MR) is 102 cm³/mol. The fourth-order valence-electron chi connectivity index (χ4n) is 3.14. The summed E-state index contributed by atoms with van der Waals surface area (Å²) >= 11 is 0. The molecule has 7 nitrogen and oxygen atoms in total. The van der Waals surface area contributed by atoms with Crippen molar-refractivity contribution in [3.8, 4) is 17.2 Å². The molecule has 7 heteroatoms. The summed E-state index contributed by atoms with van der Waals surface area (Å²) in [7, 11) is 0. The first kappa shape index (κ1) is 18.2. The van der Waals surface area contributed by atoms with Gasteiger partial charge >= 0.3 is 0 Å². The van der Waals surface area contributed by atoms with Gasteiger partial charge in [0.2, 0.25) is 18.6 Å². The molecule has 2 aromatic rings. The molecule has 1 heterocycles. The zero-order valence-electron chi connectivity index (χ0n) is 15.6. The summed E-state index contributed by atoms with van der Waals surface area (Å²) in [4.78, 5) is 25.3. The van der Waals surface area contributed by atoms with Gasteiger partial charge in [-0.25, -0.2) is 0 Å². The highest BCUT2D eigenvalue weighted by Crippen LogP contribution is 2.47. The summed E-state index contributed by atoms with van der Waals surface area (Å²) in [5.41, 5.74) is 0.540. The Balaban J connectivity index is 1.35. The van der Waals surface area contributed by atoms with Gasteiger partial charge < -0.3 is 24.8 Å². The van der Waals surface area contributed by atoms with Crippen LogP contribution in [0, 0.1) is 5.41 Å². The molecule has 4 rings (SSSR count). The van der Waals surface area contributed by atoms with Gasteiger partial charge in [-0.1, -0.05) is 6.07 Å². The van der Waals surface area contributed by atoms with Crippen molar-refractivity contribution in [2.45, 2.75) is 26.3 Å². The van der Waals surface area contributed by atoms with Gasteiger partial charge in [-0.05, 0) is 61.7 Å². The summed E-state index contributed by atoms with van der Waals surface area (Å²) in [5, 5.41) is 5.70. The van der Waals surface area contributed by atoms with Gasteiger partial charge in [0.1, 0.15) is 11.2 Å². The number of hydrogen-bond acceptors (Lipinski definition) is 5. The number of amides is 2. The lowest BCUT2D eigenvalue weighted by Gasteiger charge is -2.16. The maximum atomic E-state index is 12.7. The Labute approximate surface area is 163 Å². The van der Waals surface area contributed by atoms with Crippen LogP contribution in [0.3, 0.4) is 0 Å². The van der Waals surface area contributed by atoms with Gasteiger partial charge in [-0.3, -0.25) is 9.59 Å². The number of fused-ring (bicyclic) bond motifs is 1. The lowest BCUT2D eigenvalue weighted by molar-refractivity contribution is -0.134. The number of hydrogen-bond donors (Lipinski definition) is 2. The van der Waals surface area contributed by atoms with Crippen LogP contribution in [0.2, 0.25) is 0 Å². The first-order valence-corrected chi connectivity index (χ1v) is 9.32. The lowest BCUT2D eigenvalue weighted by Crippen LogP contribution is -2.39. The molecule has 146 valence electrons. The van der Waals surface area contributed by atoms with Gasteiger partial charge in [0.15, 0.2) is 11.5 Å². The van der Waals surface area contributed by atoms with E-state index in [1.54, 1.807) is 24.3 Å². The van der Waals surface area contributed by atoms with Crippen LogP contribution in [0.4, 0.5) is 5.69 Å². The standard InChI is InChI=1S/C21H22N2O5/c1-2-26-16-6-4-15(5-7-16)23-20(25)21(9-10-21)19(24)22-12-14-3-8-17-18(11-14)28-13-27-17/h3-8,11H,2,9-10,12-13H2,1H3,(H,22,24)(H,23,25).